The maximum absolute atomic E-state index is 13.6. The molecule has 2 N–H and O–H groups in total. The number of amides is 3. The Hall–Kier alpha value is -4.76. The molecule has 3 amide bonds. The van der Waals surface area contributed by atoms with E-state index in [2.05, 4.69) is 10.6 Å². The van der Waals surface area contributed by atoms with Gasteiger partial charge >= 0.3 is 0 Å². The van der Waals surface area contributed by atoms with Crippen LogP contribution in [0.3, 0.4) is 0 Å². The highest BCUT2D eigenvalue weighted by Crippen LogP contribution is 2.48. The smallest absolute Gasteiger partial charge is 0.272 e. The maximum Gasteiger partial charge on any atom is 0.272 e. The highest BCUT2D eigenvalue weighted by Gasteiger charge is 2.27. The van der Waals surface area contributed by atoms with Crippen LogP contribution in [0.2, 0.25) is 5.02 Å². The summed E-state index contributed by atoms with van der Waals surface area (Å²) < 4.78 is 0. The van der Waals surface area contributed by atoms with Crippen molar-refractivity contribution in [2.24, 2.45) is 0 Å². The standard InChI is InChI=1S/C36H26ClN3O3S2/c37-26-19-17-24(18-20-26)21-29(39-35(42)25-9-2-1-3-10-25)36(43)38-27-11-8-12-28(22-27)44-23-34(41)40-30-13-4-6-15-32(30)45-33-16-7-5-14-31(33)40/h1-22H,23H2,(H,38,43)(H,39,42)/b29-21-. The molecule has 5 aromatic rings. The number of hydrogen-bond donors (Lipinski definition) is 2. The molecule has 0 aliphatic carbocycles. The highest BCUT2D eigenvalue weighted by molar-refractivity contribution is 8.00. The summed E-state index contributed by atoms with van der Waals surface area (Å²) in [6.45, 7) is 0. The number of hydrogen-bond acceptors (Lipinski definition) is 5. The fraction of sp³-hybridized carbons (Fsp3) is 0.0278. The van der Waals surface area contributed by atoms with Crippen LogP contribution in [-0.4, -0.2) is 23.5 Å². The summed E-state index contributed by atoms with van der Waals surface area (Å²) in [6, 6.07) is 38.7. The quantitative estimate of drug-likeness (QED) is 0.130. The first-order chi connectivity index (χ1) is 21.9. The van der Waals surface area contributed by atoms with Crippen molar-refractivity contribution in [1.29, 1.82) is 0 Å². The summed E-state index contributed by atoms with van der Waals surface area (Å²) >= 11 is 9.08. The molecule has 0 saturated heterocycles. The Morgan fingerprint density at radius 3 is 2.09 bits per heavy atom. The Kier molecular flexibility index (Phi) is 9.35. The first kappa shape index (κ1) is 30.3. The number of benzene rings is 5. The van der Waals surface area contributed by atoms with Gasteiger partial charge in [0.2, 0.25) is 5.91 Å². The van der Waals surface area contributed by atoms with E-state index in [4.69, 9.17) is 11.6 Å². The minimum Gasteiger partial charge on any atom is -0.321 e. The van der Waals surface area contributed by atoms with Gasteiger partial charge in [-0.15, -0.1) is 11.8 Å². The molecule has 45 heavy (non-hydrogen) atoms. The second kappa shape index (κ2) is 13.9. The van der Waals surface area contributed by atoms with Gasteiger partial charge in [0.1, 0.15) is 5.70 Å². The van der Waals surface area contributed by atoms with Crippen molar-refractivity contribution in [1.82, 2.24) is 5.32 Å². The van der Waals surface area contributed by atoms with E-state index in [9.17, 15) is 14.4 Å². The number of halogens is 1. The molecule has 0 unspecified atom stereocenters. The Morgan fingerprint density at radius 1 is 0.756 bits per heavy atom. The van der Waals surface area contributed by atoms with Crippen LogP contribution in [0, 0.1) is 0 Å². The van der Waals surface area contributed by atoms with Gasteiger partial charge in [-0.2, -0.15) is 0 Å². The molecule has 6 nitrogen and oxygen atoms in total. The number of nitrogens with one attached hydrogen (secondary N) is 2. The molecule has 0 aromatic heterocycles. The van der Waals surface area contributed by atoms with Crippen molar-refractivity contribution in [3.05, 3.63) is 149 Å². The molecule has 0 atom stereocenters. The van der Waals surface area contributed by atoms with Gasteiger partial charge in [-0.25, -0.2) is 0 Å². The summed E-state index contributed by atoms with van der Waals surface area (Å²) in [5.74, 6) is -0.759. The summed E-state index contributed by atoms with van der Waals surface area (Å²) in [6.07, 6.45) is 1.59. The molecule has 5 aromatic carbocycles. The van der Waals surface area contributed by atoms with Crippen molar-refractivity contribution in [3.63, 3.8) is 0 Å². The van der Waals surface area contributed by atoms with Gasteiger partial charge in [-0.05, 0) is 78.4 Å². The molecule has 0 spiro atoms. The minimum absolute atomic E-state index is 0.0496. The van der Waals surface area contributed by atoms with Gasteiger partial charge in [0.25, 0.3) is 11.8 Å². The van der Waals surface area contributed by atoms with Gasteiger partial charge in [0.15, 0.2) is 0 Å². The molecule has 1 aliphatic heterocycles. The van der Waals surface area contributed by atoms with Crippen LogP contribution < -0.4 is 15.5 Å². The fourth-order valence-corrected chi connectivity index (χ4v) is 6.70. The average molecular weight is 648 g/mol. The van der Waals surface area contributed by atoms with E-state index in [0.29, 0.717) is 21.8 Å². The zero-order valence-electron chi connectivity index (χ0n) is 23.8. The van der Waals surface area contributed by atoms with Crippen molar-refractivity contribution >= 4 is 76.0 Å². The number of anilines is 3. The second-order valence-corrected chi connectivity index (χ2v) is 12.5. The molecule has 0 saturated carbocycles. The number of rotatable bonds is 8. The van der Waals surface area contributed by atoms with E-state index in [-0.39, 0.29) is 17.4 Å². The van der Waals surface area contributed by atoms with Crippen molar-refractivity contribution in [2.45, 2.75) is 14.7 Å². The van der Waals surface area contributed by atoms with Crippen molar-refractivity contribution in [3.8, 4) is 0 Å². The predicted molar refractivity (Wildman–Crippen MR) is 183 cm³/mol. The third kappa shape index (κ3) is 7.32. The normalized spacial score (nSPS) is 12.1. The number of thioether (sulfide) groups is 1. The van der Waals surface area contributed by atoms with Crippen LogP contribution in [0.25, 0.3) is 6.08 Å². The molecule has 1 aliphatic rings. The number of para-hydroxylation sites is 2. The fourth-order valence-electron chi connectivity index (χ4n) is 4.71. The summed E-state index contributed by atoms with van der Waals surface area (Å²) in [5.41, 5.74) is 3.45. The van der Waals surface area contributed by atoms with Crippen LogP contribution in [0.1, 0.15) is 15.9 Å². The first-order valence-corrected chi connectivity index (χ1v) is 16.2. The largest absolute Gasteiger partial charge is 0.321 e. The highest BCUT2D eigenvalue weighted by atomic mass is 35.5. The lowest BCUT2D eigenvalue weighted by Crippen LogP contribution is -2.30. The number of carbonyl (C=O) groups is 3. The first-order valence-electron chi connectivity index (χ1n) is 14.0. The van der Waals surface area contributed by atoms with Gasteiger partial charge in [-0.1, -0.05) is 84.0 Å². The van der Waals surface area contributed by atoms with Crippen LogP contribution in [-0.2, 0) is 9.59 Å². The lowest BCUT2D eigenvalue weighted by molar-refractivity contribution is -0.115. The zero-order valence-corrected chi connectivity index (χ0v) is 26.2. The third-order valence-corrected chi connectivity index (χ3v) is 9.21. The minimum atomic E-state index is -0.494. The maximum atomic E-state index is 13.6. The molecular formula is C36H26ClN3O3S2. The number of nitrogens with zero attached hydrogens (tertiary/aromatic N) is 1. The van der Waals surface area contributed by atoms with Gasteiger partial charge in [-0.3, -0.25) is 19.3 Å². The number of fused-ring (bicyclic) bond motifs is 2. The Labute approximate surface area is 274 Å². The zero-order chi connectivity index (χ0) is 31.2. The summed E-state index contributed by atoms with van der Waals surface area (Å²) in [5, 5.41) is 6.19. The van der Waals surface area contributed by atoms with Gasteiger partial charge in [0, 0.05) is 31.0 Å². The van der Waals surface area contributed by atoms with E-state index < -0.39 is 11.8 Å². The van der Waals surface area contributed by atoms with E-state index in [0.717, 1.165) is 26.1 Å². The Bertz CT molecular complexity index is 1870. The van der Waals surface area contributed by atoms with Crippen LogP contribution in [0.4, 0.5) is 17.1 Å². The molecule has 6 rings (SSSR count). The monoisotopic (exact) mass is 647 g/mol. The SMILES string of the molecule is O=C(Nc1cccc(SCC(=O)N2c3ccccc3Sc3ccccc32)c1)/C(=C/c1ccc(Cl)cc1)NC(=O)c1ccccc1. The van der Waals surface area contributed by atoms with E-state index in [1.165, 1.54) is 11.8 Å². The molecule has 0 fully saturated rings. The average Bonchev–Trinajstić information content (AvgIpc) is 3.07. The third-order valence-electron chi connectivity index (χ3n) is 6.85. The Morgan fingerprint density at radius 2 is 1.40 bits per heavy atom. The van der Waals surface area contributed by atoms with E-state index >= 15 is 0 Å². The number of carbonyl (C=O) groups excluding carboxylic acids is 3. The second-order valence-electron chi connectivity index (χ2n) is 9.97. The van der Waals surface area contributed by atoms with Crippen LogP contribution >= 0.6 is 35.1 Å². The van der Waals surface area contributed by atoms with E-state index in [1.807, 2.05) is 72.8 Å². The Balaban J connectivity index is 1.18. The van der Waals surface area contributed by atoms with E-state index in [1.54, 1.807) is 77.3 Å². The molecule has 222 valence electrons. The molecule has 1 heterocycles. The van der Waals surface area contributed by atoms with Crippen molar-refractivity contribution in [2.75, 3.05) is 16.0 Å². The molecule has 9 heteroatoms. The van der Waals surface area contributed by atoms with Crippen LogP contribution in [0.15, 0.2) is 148 Å². The topological polar surface area (TPSA) is 78.5 Å². The van der Waals surface area contributed by atoms with Crippen LogP contribution in [0.5, 0.6) is 0 Å². The lowest BCUT2D eigenvalue weighted by atomic mass is 10.1. The van der Waals surface area contributed by atoms with Gasteiger partial charge in [0.05, 0.1) is 17.1 Å². The lowest BCUT2D eigenvalue weighted by Gasteiger charge is -2.31. The summed E-state index contributed by atoms with van der Waals surface area (Å²) in [7, 11) is 0. The molecule has 0 bridgehead atoms. The van der Waals surface area contributed by atoms with Gasteiger partial charge < -0.3 is 10.6 Å². The molecular weight excluding hydrogens is 622 g/mol. The summed E-state index contributed by atoms with van der Waals surface area (Å²) in [4.78, 5) is 44.7. The molecule has 0 radical (unpaired) electrons. The predicted octanol–water partition coefficient (Wildman–Crippen LogP) is 8.67. The van der Waals surface area contributed by atoms with Crippen molar-refractivity contribution < 1.29 is 14.4 Å².